The summed E-state index contributed by atoms with van der Waals surface area (Å²) < 4.78 is 5.89. The summed E-state index contributed by atoms with van der Waals surface area (Å²) in [5.41, 5.74) is -0.362. The fourth-order valence-electron chi connectivity index (χ4n) is 2.61. The second-order valence-electron chi connectivity index (χ2n) is 5.81. The highest BCUT2D eigenvalue weighted by Crippen LogP contribution is 2.42. The van der Waals surface area contributed by atoms with Crippen LogP contribution in [0.3, 0.4) is 0 Å². The molecule has 1 aliphatic heterocycles. The van der Waals surface area contributed by atoms with Gasteiger partial charge < -0.3 is 15.2 Å². The molecule has 0 aromatic rings. The van der Waals surface area contributed by atoms with E-state index < -0.39 is 5.60 Å². The molecule has 2 N–H and O–H groups in total. The first-order chi connectivity index (χ1) is 7.55. The van der Waals surface area contributed by atoms with Gasteiger partial charge in [-0.1, -0.05) is 6.92 Å². The Kier molecular flexibility index (Phi) is 3.57. The topological polar surface area (TPSA) is 41.5 Å². The van der Waals surface area contributed by atoms with E-state index in [1.807, 2.05) is 13.8 Å². The standard InChI is InChI=1S/C13H25NO2/c1-3-12(2,15)10-14-11-5-8-16-13(9-11)6-4-7-13/h11,14-15H,3-10H2,1-2H3. The average Bonchev–Trinajstić information content (AvgIpc) is 2.25. The lowest BCUT2D eigenvalue weighted by Gasteiger charge is -2.47. The van der Waals surface area contributed by atoms with Crippen LogP contribution in [0, 0.1) is 0 Å². The Morgan fingerprint density at radius 1 is 1.50 bits per heavy atom. The molecular formula is C13H25NO2. The molecule has 1 heterocycles. The zero-order chi connectivity index (χ0) is 11.6. The maximum Gasteiger partial charge on any atom is 0.0741 e. The molecule has 3 nitrogen and oxygen atoms in total. The first-order valence-corrected chi connectivity index (χ1v) is 6.65. The number of hydrogen-bond donors (Lipinski definition) is 2. The Labute approximate surface area is 98.6 Å². The van der Waals surface area contributed by atoms with E-state index >= 15 is 0 Å². The van der Waals surface area contributed by atoms with Gasteiger partial charge in [-0.3, -0.25) is 0 Å². The summed E-state index contributed by atoms with van der Waals surface area (Å²) in [7, 11) is 0. The first-order valence-electron chi connectivity index (χ1n) is 6.65. The Balaban J connectivity index is 1.77. The van der Waals surface area contributed by atoms with E-state index in [4.69, 9.17) is 4.74 Å². The smallest absolute Gasteiger partial charge is 0.0741 e. The van der Waals surface area contributed by atoms with E-state index in [-0.39, 0.29) is 5.60 Å². The van der Waals surface area contributed by atoms with E-state index in [0.29, 0.717) is 12.6 Å². The lowest BCUT2D eigenvalue weighted by molar-refractivity contribution is -0.136. The molecule has 0 bridgehead atoms. The van der Waals surface area contributed by atoms with E-state index in [2.05, 4.69) is 5.32 Å². The van der Waals surface area contributed by atoms with E-state index in [1.165, 1.54) is 19.3 Å². The molecule has 2 atom stereocenters. The summed E-state index contributed by atoms with van der Waals surface area (Å²) >= 11 is 0. The largest absolute Gasteiger partial charge is 0.389 e. The molecule has 0 aromatic carbocycles. The third-order valence-electron chi connectivity index (χ3n) is 4.29. The van der Waals surface area contributed by atoms with Crippen LogP contribution in [-0.4, -0.2) is 35.5 Å². The van der Waals surface area contributed by atoms with Gasteiger partial charge in [-0.15, -0.1) is 0 Å². The Morgan fingerprint density at radius 3 is 2.81 bits per heavy atom. The van der Waals surface area contributed by atoms with Gasteiger partial charge in [0.15, 0.2) is 0 Å². The number of hydrogen-bond acceptors (Lipinski definition) is 3. The van der Waals surface area contributed by atoms with Crippen LogP contribution >= 0.6 is 0 Å². The van der Waals surface area contributed by atoms with Gasteiger partial charge in [0.25, 0.3) is 0 Å². The zero-order valence-corrected chi connectivity index (χ0v) is 10.6. The zero-order valence-electron chi connectivity index (χ0n) is 10.6. The van der Waals surface area contributed by atoms with Gasteiger partial charge >= 0.3 is 0 Å². The van der Waals surface area contributed by atoms with Crippen molar-refractivity contribution in [2.24, 2.45) is 0 Å². The Hall–Kier alpha value is -0.120. The highest BCUT2D eigenvalue weighted by atomic mass is 16.5. The van der Waals surface area contributed by atoms with Crippen molar-refractivity contribution in [3.05, 3.63) is 0 Å². The molecule has 1 spiro atoms. The molecule has 2 rings (SSSR count). The highest BCUT2D eigenvalue weighted by Gasteiger charge is 2.42. The van der Waals surface area contributed by atoms with Crippen LogP contribution in [-0.2, 0) is 4.74 Å². The van der Waals surface area contributed by atoms with Crippen molar-refractivity contribution in [2.45, 2.75) is 69.6 Å². The fourth-order valence-corrected chi connectivity index (χ4v) is 2.61. The minimum Gasteiger partial charge on any atom is -0.389 e. The first kappa shape index (κ1) is 12.3. The summed E-state index contributed by atoms with van der Waals surface area (Å²) in [6, 6.07) is 0.534. The summed E-state index contributed by atoms with van der Waals surface area (Å²) in [5.74, 6) is 0. The summed E-state index contributed by atoms with van der Waals surface area (Å²) in [4.78, 5) is 0. The molecule has 2 unspecified atom stereocenters. The van der Waals surface area contributed by atoms with Gasteiger partial charge in [0.1, 0.15) is 0 Å². The van der Waals surface area contributed by atoms with Gasteiger partial charge in [0.2, 0.25) is 0 Å². The molecule has 1 saturated heterocycles. The molecule has 16 heavy (non-hydrogen) atoms. The van der Waals surface area contributed by atoms with Gasteiger partial charge in [-0.05, 0) is 45.4 Å². The molecule has 1 aliphatic carbocycles. The predicted molar refractivity (Wildman–Crippen MR) is 64.5 cm³/mol. The van der Waals surface area contributed by atoms with Crippen LogP contribution < -0.4 is 5.32 Å². The van der Waals surface area contributed by atoms with Crippen LogP contribution in [0.5, 0.6) is 0 Å². The summed E-state index contributed by atoms with van der Waals surface area (Å²) in [6.45, 7) is 5.51. The van der Waals surface area contributed by atoms with Crippen LogP contribution in [0.25, 0.3) is 0 Å². The molecule has 94 valence electrons. The van der Waals surface area contributed by atoms with Crippen LogP contribution in [0.2, 0.25) is 0 Å². The third kappa shape index (κ3) is 2.76. The minimum absolute atomic E-state index is 0.202. The van der Waals surface area contributed by atoms with E-state index in [0.717, 1.165) is 25.9 Å². The van der Waals surface area contributed by atoms with Crippen molar-refractivity contribution in [2.75, 3.05) is 13.2 Å². The minimum atomic E-state index is -0.564. The van der Waals surface area contributed by atoms with Crippen molar-refractivity contribution in [1.29, 1.82) is 0 Å². The predicted octanol–water partition coefficient (Wildman–Crippen LogP) is 1.84. The number of aliphatic hydroxyl groups is 1. The monoisotopic (exact) mass is 227 g/mol. The van der Waals surface area contributed by atoms with Crippen molar-refractivity contribution in [3.8, 4) is 0 Å². The van der Waals surface area contributed by atoms with E-state index in [9.17, 15) is 5.11 Å². The van der Waals surface area contributed by atoms with Gasteiger partial charge in [0.05, 0.1) is 11.2 Å². The molecule has 1 saturated carbocycles. The fraction of sp³-hybridized carbons (Fsp3) is 1.00. The Bertz CT molecular complexity index is 236. The number of ether oxygens (including phenoxy) is 1. The van der Waals surface area contributed by atoms with Gasteiger partial charge in [0, 0.05) is 19.2 Å². The molecule has 0 amide bonds. The molecule has 3 heteroatoms. The lowest BCUT2D eigenvalue weighted by atomic mass is 9.74. The van der Waals surface area contributed by atoms with Crippen molar-refractivity contribution in [1.82, 2.24) is 5.32 Å². The molecule has 0 aromatic heterocycles. The lowest BCUT2D eigenvalue weighted by Crippen LogP contribution is -2.53. The number of rotatable bonds is 4. The van der Waals surface area contributed by atoms with Crippen LogP contribution in [0.15, 0.2) is 0 Å². The summed E-state index contributed by atoms with van der Waals surface area (Å²) in [6.07, 6.45) is 6.80. The third-order valence-corrected chi connectivity index (χ3v) is 4.29. The van der Waals surface area contributed by atoms with Gasteiger partial charge in [-0.2, -0.15) is 0 Å². The van der Waals surface area contributed by atoms with E-state index in [1.54, 1.807) is 0 Å². The number of nitrogens with one attached hydrogen (secondary N) is 1. The summed E-state index contributed by atoms with van der Waals surface area (Å²) in [5, 5.41) is 13.5. The van der Waals surface area contributed by atoms with Gasteiger partial charge in [-0.25, -0.2) is 0 Å². The van der Waals surface area contributed by atoms with Crippen molar-refractivity contribution in [3.63, 3.8) is 0 Å². The maximum absolute atomic E-state index is 9.96. The maximum atomic E-state index is 9.96. The normalized spacial score (nSPS) is 32.1. The molecular weight excluding hydrogens is 202 g/mol. The van der Waals surface area contributed by atoms with Crippen LogP contribution in [0.4, 0.5) is 0 Å². The molecule has 2 aliphatic rings. The quantitative estimate of drug-likeness (QED) is 0.770. The highest BCUT2D eigenvalue weighted by molar-refractivity contribution is 4.96. The second kappa shape index (κ2) is 4.63. The average molecular weight is 227 g/mol. The van der Waals surface area contributed by atoms with Crippen molar-refractivity contribution >= 4 is 0 Å². The van der Waals surface area contributed by atoms with Crippen molar-refractivity contribution < 1.29 is 9.84 Å². The molecule has 2 fully saturated rings. The molecule has 0 radical (unpaired) electrons. The Morgan fingerprint density at radius 2 is 2.25 bits per heavy atom. The SMILES string of the molecule is CCC(C)(O)CNC1CCOC2(CCC2)C1. The van der Waals surface area contributed by atoms with Crippen LogP contribution in [0.1, 0.15) is 52.4 Å². The second-order valence-corrected chi connectivity index (χ2v) is 5.81.